The fourth-order valence-electron chi connectivity index (χ4n) is 1.83. The molecular weight excluding hydrogens is 245 g/mol. The third-order valence-electron chi connectivity index (χ3n) is 2.60. The summed E-state index contributed by atoms with van der Waals surface area (Å²) in [5.74, 6) is 0. The van der Waals surface area contributed by atoms with E-state index < -0.39 is 7.59 Å². The molecule has 0 saturated carbocycles. The lowest BCUT2D eigenvalue weighted by molar-refractivity contribution is 0.559. The second-order valence-corrected chi connectivity index (χ2v) is 5.77. The molecule has 0 heterocycles. The third-order valence-corrected chi connectivity index (χ3v) is 3.26. The van der Waals surface area contributed by atoms with Gasteiger partial charge in [-0.05, 0) is 11.1 Å². The number of rotatable bonds is 4. The summed E-state index contributed by atoms with van der Waals surface area (Å²) in [7, 11) is -3.30. The predicted molar refractivity (Wildman–Crippen MR) is 73.8 cm³/mol. The van der Waals surface area contributed by atoms with Crippen LogP contribution in [0.2, 0.25) is 0 Å². The van der Waals surface area contributed by atoms with Crippen molar-refractivity contribution in [2.24, 2.45) is 11.0 Å². The standard InChI is InChI=1S/C13H16N3OP/c14-18(15,17)16-13(11-7-3-1-4-8-11)12-9-5-2-6-10-12/h1-10,13H,(H5,14,15,16,17). The van der Waals surface area contributed by atoms with Gasteiger partial charge in [-0.25, -0.2) is 5.09 Å². The summed E-state index contributed by atoms with van der Waals surface area (Å²) in [4.78, 5) is 0. The van der Waals surface area contributed by atoms with E-state index in [9.17, 15) is 4.57 Å². The Morgan fingerprint density at radius 2 is 1.22 bits per heavy atom. The Kier molecular flexibility index (Phi) is 3.94. The van der Waals surface area contributed by atoms with Crippen molar-refractivity contribution in [2.75, 3.05) is 0 Å². The van der Waals surface area contributed by atoms with E-state index in [1.165, 1.54) is 0 Å². The van der Waals surface area contributed by atoms with Gasteiger partial charge in [0, 0.05) is 0 Å². The van der Waals surface area contributed by atoms with Crippen LogP contribution in [0.4, 0.5) is 0 Å². The van der Waals surface area contributed by atoms with Crippen LogP contribution < -0.4 is 16.1 Å². The minimum Gasteiger partial charge on any atom is -0.271 e. The van der Waals surface area contributed by atoms with Gasteiger partial charge in [0.2, 0.25) is 0 Å². The van der Waals surface area contributed by atoms with Crippen LogP contribution in [0.15, 0.2) is 60.7 Å². The summed E-state index contributed by atoms with van der Waals surface area (Å²) in [6.45, 7) is 0. The van der Waals surface area contributed by atoms with E-state index in [0.29, 0.717) is 0 Å². The van der Waals surface area contributed by atoms with Crippen molar-refractivity contribution in [3.63, 3.8) is 0 Å². The Morgan fingerprint density at radius 1 is 0.833 bits per heavy atom. The van der Waals surface area contributed by atoms with Crippen LogP contribution in [0.25, 0.3) is 0 Å². The Hall–Kier alpha value is -1.45. The molecule has 18 heavy (non-hydrogen) atoms. The molecule has 0 radical (unpaired) electrons. The highest BCUT2D eigenvalue weighted by molar-refractivity contribution is 7.56. The molecule has 5 N–H and O–H groups in total. The molecule has 0 amide bonds. The smallest absolute Gasteiger partial charge is 0.271 e. The van der Waals surface area contributed by atoms with Crippen molar-refractivity contribution in [3.8, 4) is 0 Å². The molecule has 0 atom stereocenters. The quantitative estimate of drug-likeness (QED) is 0.738. The normalized spacial score (nSPS) is 11.7. The van der Waals surface area contributed by atoms with Gasteiger partial charge in [0.05, 0.1) is 6.04 Å². The molecule has 94 valence electrons. The van der Waals surface area contributed by atoms with Crippen molar-refractivity contribution in [3.05, 3.63) is 71.8 Å². The summed E-state index contributed by atoms with van der Waals surface area (Å²) < 4.78 is 11.6. The van der Waals surface area contributed by atoms with Crippen molar-refractivity contribution >= 4 is 7.59 Å². The van der Waals surface area contributed by atoms with Crippen LogP contribution in [-0.4, -0.2) is 0 Å². The van der Waals surface area contributed by atoms with Crippen molar-refractivity contribution in [1.29, 1.82) is 0 Å². The Labute approximate surface area is 107 Å². The summed E-state index contributed by atoms with van der Waals surface area (Å²) >= 11 is 0. The van der Waals surface area contributed by atoms with Crippen molar-refractivity contribution in [2.45, 2.75) is 6.04 Å². The van der Waals surface area contributed by atoms with Crippen LogP contribution in [-0.2, 0) is 4.57 Å². The molecule has 0 fully saturated rings. The maximum atomic E-state index is 11.6. The summed E-state index contributed by atoms with van der Waals surface area (Å²) in [6, 6.07) is 19.0. The van der Waals surface area contributed by atoms with Crippen LogP contribution in [0, 0.1) is 0 Å². The number of benzene rings is 2. The molecular formula is C13H16N3OP. The van der Waals surface area contributed by atoms with Crippen molar-refractivity contribution in [1.82, 2.24) is 5.09 Å². The van der Waals surface area contributed by atoms with Gasteiger partial charge in [-0.2, -0.15) is 0 Å². The first-order chi connectivity index (χ1) is 8.56. The molecule has 2 rings (SSSR count). The average molecular weight is 261 g/mol. The first kappa shape index (κ1) is 13.0. The fourth-order valence-corrected chi connectivity index (χ4v) is 2.54. The molecule has 4 nitrogen and oxygen atoms in total. The molecule has 0 spiro atoms. The van der Waals surface area contributed by atoms with E-state index >= 15 is 0 Å². The molecule has 2 aromatic carbocycles. The van der Waals surface area contributed by atoms with Gasteiger partial charge in [0.15, 0.2) is 0 Å². The molecule has 0 aliphatic rings. The molecule has 0 bridgehead atoms. The molecule has 0 aliphatic heterocycles. The van der Waals surface area contributed by atoms with Crippen LogP contribution in [0.1, 0.15) is 17.2 Å². The highest BCUT2D eigenvalue weighted by Crippen LogP contribution is 2.30. The largest absolute Gasteiger partial charge is 0.274 e. The molecule has 0 saturated heterocycles. The van der Waals surface area contributed by atoms with Gasteiger partial charge in [0.1, 0.15) is 0 Å². The Morgan fingerprint density at radius 3 is 1.56 bits per heavy atom. The third kappa shape index (κ3) is 3.52. The Balaban J connectivity index is 2.39. The van der Waals surface area contributed by atoms with Gasteiger partial charge < -0.3 is 0 Å². The second kappa shape index (κ2) is 5.46. The summed E-state index contributed by atoms with van der Waals surface area (Å²) in [5, 5.41) is 2.80. The molecule has 0 unspecified atom stereocenters. The minimum absolute atomic E-state index is 0.270. The molecule has 2 aromatic rings. The van der Waals surface area contributed by atoms with Gasteiger partial charge in [0.25, 0.3) is 7.59 Å². The lowest BCUT2D eigenvalue weighted by atomic mass is 10.00. The Bertz CT molecular complexity index is 499. The van der Waals surface area contributed by atoms with E-state index in [-0.39, 0.29) is 6.04 Å². The zero-order valence-corrected chi connectivity index (χ0v) is 10.8. The maximum absolute atomic E-state index is 11.6. The lowest BCUT2D eigenvalue weighted by Gasteiger charge is -2.21. The van der Waals surface area contributed by atoms with Gasteiger partial charge in [-0.1, -0.05) is 60.7 Å². The second-order valence-electron chi connectivity index (χ2n) is 4.09. The van der Waals surface area contributed by atoms with Crippen molar-refractivity contribution < 1.29 is 4.57 Å². The lowest BCUT2D eigenvalue weighted by Crippen LogP contribution is -2.27. The summed E-state index contributed by atoms with van der Waals surface area (Å²) in [5.41, 5.74) is 12.8. The number of hydrogen-bond acceptors (Lipinski definition) is 1. The van der Waals surface area contributed by atoms with Gasteiger partial charge >= 0.3 is 0 Å². The summed E-state index contributed by atoms with van der Waals surface area (Å²) in [6.07, 6.45) is 0. The fraction of sp³-hybridized carbons (Fsp3) is 0.0769. The highest BCUT2D eigenvalue weighted by atomic mass is 31.2. The predicted octanol–water partition coefficient (Wildman–Crippen LogP) is 2.39. The molecule has 0 aliphatic carbocycles. The highest BCUT2D eigenvalue weighted by Gasteiger charge is 2.19. The SMILES string of the molecule is NP(N)(=O)NC(c1ccccc1)c1ccccc1. The minimum atomic E-state index is -3.30. The maximum Gasteiger partial charge on any atom is 0.274 e. The van der Waals surface area contributed by atoms with Gasteiger partial charge in [-0.3, -0.25) is 15.6 Å². The van der Waals surface area contributed by atoms with E-state index in [1.807, 2.05) is 60.7 Å². The zero-order valence-electron chi connectivity index (χ0n) is 9.86. The first-order valence-electron chi connectivity index (χ1n) is 5.61. The topological polar surface area (TPSA) is 81.1 Å². The number of hydrogen-bond donors (Lipinski definition) is 3. The first-order valence-corrected chi connectivity index (χ1v) is 7.46. The number of nitrogens with one attached hydrogen (secondary N) is 1. The van der Waals surface area contributed by atoms with Gasteiger partial charge in [-0.15, -0.1) is 0 Å². The monoisotopic (exact) mass is 261 g/mol. The zero-order chi connectivity index (χ0) is 13.0. The van der Waals surface area contributed by atoms with Crippen LogP contribution in [0.3, 0.4) is 0 Å². The molecule has 0 aromatic heterocycles. The van der Waals surface area contributed by atoms with E-state index in [1.54, 1.807) is 0 Å². The number of nitrogens with two attached hydrogens (primary N) is 2. The van der Waals surface area contributed by atoms with Crippen LogP contribution in [0.5, 0.6) is 0 Å². The van der Waals surface area contributed by atoms with Crippen LogP contribution >= 0.6 is 7.59 Å². The van der Waals surface area contributed by atoms with E-state index in [0.717, 1.165) is 11.1 Å². The van der Waals surface area contributed by atoms with E-state index in [2.05, 4.69) is 5.09 Å². The van der Waals surface area contributed by atoms with E-state index in [4.69, 9.17) is 11.0 Å². The average Bonchev–Trinajstić information content (AvgIpc) is 2.37. The molecule has 5 heteroatoms.